The molecular weight excluding hydrogens is 232 g/mol. The third kappa shape index (κ3) is 2.98. The van der Waals surface area contributed by atoms with Crippen molar-refractivity contribution in [2.45, 2.75) is 13.3 Å². The number of halogens is 1. The molecule has 1 N–H and O–H groups in total. The maximum absolute atomic E-state index is 5.93. The Labute approximate surface area is 107 Å². The van der Waals surface area contributed by atoms with Crippen molar-refractivity contribution in [3.05, 3.63) is 47.6 Å². The normalized spacial score (nSPS) is 10.2. The first-order valence-corrected chi connectivity index (χ1v) is 6.15. The van der Waals surface area contributed by atoms with E-state index in [9.17, 15) is 0 Å². The van der Waals surface area contributed by atoms with Gasteiger partial charge in [-0.25, -0.2) is 4.98 Å². The predicted octanol–water partition coefficient (Wildman–Crippen LogP) is 4.22. The van der Waals surface area contributed by atoms with Crippen molar-refractivity contribution in [2.24, 2.45) is 0 Å². The number of hydrogen-bond acceptors (Lipinski definition) is 2. The zero-order valence-electron chi connectivity index (χ0n) is 9.78. The van der Waals surface area contributed by atoms with E-state index in [2.05, 4.69) is 29.4 Å². The molecule has 88 valence electrons. The minimum Gasteiger partial charge on any atom is -0.370 e. The van der Waals surface area contributed by atoms with Crippen LogP contribution in [0, 0.1) is 0 Å². The molecule has 0 amide bonds. The summed E-state index contributed by atoms with van der Waals surface area (Å²) in [5.74, 6) is 0.852. The van der Waals surface area contributed by atoms with Crippen LogP contribution in [0.1, 0.15) is 13.3 Å². The van der Waals surface area contributed by atoms with Crippen molar-refractivity contribution in [2.75, 3.05) is 11.9 Å². The molecule has 0 aliphatic heterocycles. The van der Waals surface area contributed by atoms with Gasteiger partial charge in [-0.15, -0.1) is 0 Å². The van der Waals surface area contributed by atoms with Crippen LogP contribution in [0.3, 0.4) is 0 Å². The molecule has 2 nitrogen and oxygen atoms in total. The van der Waals surface area contributed by atoms with E-state index >= 15 is 0 Å². The number of nitrogens with zero attached hydrogens (tertiary/aromatic N) is 1. The van der Waals surface area contributed by atoms with E-state index in [1.165, 1.54) is 0 Å². The van der Waals surface area contributed by atoms with E-state index in [4.69, 9.17) is 11.6 Å². The van der Waals surface area contributed by atoms with Crippen LogP contribution in [0.2, 0.25) is 5.15 Å². The molecule has 0 fully saturated rings. The highest BCUT2D eigenvalue weighted by atomic mass is 35.5. The Kier molecular flexibility index (Phi) is 3.99. The summed E-state index contributed by atoms with van der Waals surface area (Å²) >= 11 is 5.93. The Morgan fingerprint density at radius 3 is 2.59 bits per heavy atom. The lowest BCUT2D eigenvalue weighted by Gasteiger charge is -2.10. The minimum absolute atomic E-state index is 0.517. The molecule has 0 radical (unpaired) electrons. The van der Waals surface area contributed by atoms with E-state index in [1.807, 2.05) is 30.3 Å². The van der Waals surface area contributed by atoms with Gasteiger partial charge in [-0.3, -0.25) is 0 Å². The number of benzene rings is 1. The molecule has 0 aliphatic rings. The molecule has 17 heavy (non-hydrogen) atoms. The lowest BCUT2D eigenvalue weighted by atomic mass is 10.1. The number of rotatable bonds is 4. The van der Waals surface area contributed by atoms with Crippen molar-refractivity contribution in [1.82, 2.24) is 4.98 Å². The van der Waals surface area contributed by atoms with Crippen molar-refractivity contribution in [3.8, 4) is 11.1 Å². The maximum Gasteiger partial charge on any atom is 0.135 e. The molecule has 2 rings (SSSR count). The summed E-state index contributed by atoms with van der Waals surface area (Å²) in [5.41, 5.74) is 2.23. The smallest absolute Gasteiger partial charge is 0.135 e. The van der Waals surface area contributed by atoms with E-state index in [0.717, 1.165) is 29.9 Å². The molecule has 0 atom stereocenters. The molecule has 1 aromatic heterocycles. The molecule has 2 aromatic rings. The topological polar surface area (TPSA) is 24.9 Å². The van der Waals surface area contributed by atoms with E-state index in [1.54, 1.807) is 0 Å². The predicted molar refractivity (Wildman–Crippen MR) is 73.5 cm³/mol. The van der Waals surface area contributed by atoms with Gasteiger partial charge in [-0.05, 0) is 24.1 Å². The number of aromatic nitrogens is 1. The number of pyridine rings is 1. The Balaban J connectivity index is 2.39. The fraction of sp³-hybridized carbons (Fsp3) is 0.214. The Morgan fingerprint density at radius 1 is 1.12 bits per heavy atom. The summed E-state index contributed by atoms with van der Waals surface area (Å²) in [6.07, 6.45) is 1.06. The largest absolute Gasteiger partial charge is 0.370 e. The third-order valence-electron chi connectivity index (χ3n) is 2.49. The summed E-state index contributed by atoms with van der Waals surface area (Å²) in [7, 11) is 0. The molecule has 0 spiro atoms. The second-order valence-electron chi connectivity index (χ2n) is 3.82. The highest BCUT2D eigenvalue weighted by molar-refractivity contribution is 6.29. The summed E-state index contributed by atoms with van der Waals surface area (Å²) in [6, 6.07) is 14.0. The van der Waals surface area contributed by atoms with E-state index in [0.29, 0.717) is 5.15 Å². The second-order valence-corrected chi connectivity index (χ2v) is 4.21. The van der Waals surface area contributed by atoms with Crippen LogP contribution in [-0.4, -0.2) is 11.5 Å². The fourth-order valence-electron chi connectivity index (χ4n) is 1.66. The average Bonchev–Trinajstić information content (AvgIpc) is 2.37. The van der Waals surface area contributed by atoms with Crippen molar-refractivity contribution >= 4 is 17.4 Å². The molecule has 0 saturated carbocycles. The molecule has 0 aliphatic carbocycles. The van der Waals surface area contributed by atoms with Crippen LogP contribution in [-0.2, 0) is 0 Å². The highest BCUT2D eigenvalue weighted by Crippen LogP contribution is 2.27. The number of hydrogen-bond donors (Lipinski definition) is 1. The number of anilines is 1. The lowest BCUT2D eigenvalue weighted by Crippen LogP contribution is -2.03. The van der Waals surface area contributed by atoms with Gasteiger partial charge in [0.2, 0.25) is 0 Å². The van der Waals surface area contributed by atoms with Crippen LogP contribution in [0.4, 0.5) is 5.82 Å². The second kappa shape index (κ2) is 5.69. The monoisotopic (exact) mass is 246 g/mol. The van der Waals surface area contributed by atoms with E-state index < -0.39 is 0 Å². The SMILES string of the molecule is CCCNc1nc(Cl)ccc1-c1ccccc1. The van der Waals surface area contributed by atoms with Gasteiger partial charge < -0.3 is 5.32 Å². The quantitative estimate of drug-likeness (QED) is 0.817. The third-order valence-corrected chi connectivity index (χ3v) is 2.70. The molecule has 0 saturated heterocycles. The Bertz CT molecular complexity index is 483. The van der Waals surface area contributed by atoms with Gasteiger partial charge in [-0.2, -0.15) is 0 Å². The summed E-state index contributed by atoms with van der Waals surface area (Å²) in [5, 5.41) is 3.82. The first-order chi connectivity index (χ1) is 8.31. The summed E-state index contributed by atoms with van der Waals surface area (Å²) < 4.78 is 0. The average molecular weight is 247 g/mol. The van der Waals surface area contributed by atoms with Crippen LogP contribution < -0.4 is 5.32 Å². The van der Waals surface area contributed by atoms with Gasteiger partial charge in [0.05, 0.1) is 0 Å². The van der Waals surface area contributed by atoms with Gasteiger partial charge in [-0.1, -0.05) is 48.9 Å². The van der Waals surface area contributed by atoms with Crippen LogP contribution >= 0.6 is 11.6 Å². The van der Waals surface area contributed by atoms with Crippen LogP contribution in [0.5, 0.6) is 0 Å². The maximum atomic E-state index is 5.93. The van der Waals surface area contributed by atoms with Crippen LogP contribution in [0.15, 0.2) is 42.5 Å². The first kappa shape index (κ1) is 11.9. The van der Waals surface area contributed by atoms with Gasteiger partial charge >= 0.3 is 0 Å². The summed E-state index contributed by atoms with van der Waals surface area (Å²) in [4.78, 5) is 4.34. The minimum atomic E-state index is 0.517. The van der Waals surface area contributed by atoms with Crippen molar-refractivity contribution in [3.63, 3.8) is 0 Å². The van der Waals surface area contributed by atoms with Crippen molar-refractivity contribution < 1.29 is 0 Å². The van der Waals surface area contributed by atoms with Gasteiger partial charge in [0, 0.05) is 12.1 Å². The standard InChI is InChI=1S/C14H15ClN2/c1-2-10-16-14-12(8-9-13(15)17-14)11-6-4-3-5-7-11/h3-9H,2,10H2,1H3,(H,16,17). The van der Waals surface area contributed by atoms with Crippen molar-refractivity contribution in [1.29, 1.82) is 0 Å². The molecule has 0 bridgehead atoms. The first-order valence-electron chi connectivity index (χ1n) is 5.77. The molecule has 1 heterocycles. The zero-order valence-corrected chi connectivity index (χ0v) is 10.5. The van der Waals surface area contributed by atoms with Gasteiger partial charge in [0.25, 0.3) is 0 Å². The number of nitrogens with one attached hydrogen (secondary N) is 1. The zero-order chi connectivity index (χ0) is 12.1. The molecule has 0 unspecified atom stereocenters. The fourth-order valence-corrected chi connectivity index (χ4v) is 1.81. The van der Waals surface area contributed by atoms with Crippen LogP contribution in [0.25, 0.3) is 11.1 Å². The van der Waals surface area contributed by atoms with Gasteiger partial charge in [0.15, 0.2) is 0 Å². The molecular formula is C14H15ClN2. The summed E-state index contributed by atoms with van der Waals surface area (Å²) in [6.45, 7) is 3.02. The Hall–Kier alpha value is -1.54. The Morgan fingerprint density at radius 2 is 1.88 bits per heavy atom. The van der Waals surface area contributed by atoms with E-state index in [-0.39, 0.29) is 0 Å². The highest BCUT2D eigenvalue weighted by Gasteiger charge is 2.06. The molecule has 1 aromatic carbocycles. The van der Waals surface area contributed by atoms with Gasteiger partial charge in [0.1, 0.15) is 11.0 Å². The molecule has 3 heteroatoms. The lowest BCUT2D eigenvalue weighted by molar-refractivity contribution is 0.970.